The largest absolute Gasteiger partial charge is 0.506 e. The molecule has 0 saturated carbocycles. The molecule has 2 N–H and O–H groups in total. The van der Waals surface area contributed by atoms with E-state index in [-0.39, 0.29) is 11.7 Å². The van der Waals surface area contributed by atoms with E-state index in [1.807, 2.05) is 18.2 Å². The van der Waals surface area contributed by atoms with Crippen molar-refractivity contribution in [2.24, 2.45) is 5.92 Å². The minimum absolute atomic E-state index is 0.193. The first-order valence-corrected chi connectivity index (χ1v) is 7.16. The summed E-state index contributed by atoms with van der Waals surface area (Å²) < 4.78 is 0. The maximum absolute atomic E-state index is 11.0. The van der Waals surface area contributed by atoms with E-state index in [9.17, 15) is 9.90 Å². The number of piperidine rings is 1. The molecule has 0 aliphatic carbocycles. The Kier molecular flexibility index (Phi) is 3.75. The Labute approximate surface area is 122 Å². The maximum atomic E-state index is 11.0. The molecule has 0 unspecified atom stereocenters. The second-order valence-corrected chi connectivity index (χ2v) is 5.53. The standard InChI is InChI=1S/C16H18N2O3/c19-14-4-3-12(13-2-1-7-17-15(13)14)10-18-8-5-11(6-9-18)16(20)21/h1-4,7,11,19H,5-6,8-10H2,(H,20,21). The van der Waals surface area contributed by atoms with Crippen LogP contribution in [0.5, 0.6) is 5.75 Å². The highest BCUT2D eigenvalue weighted by atomic mass is 16.4. The van der Waals surface area contributed by atoms with Gasteiger partial charge >= 0.3 is 5.97 Å². The van der Waals surface area contributed by atoms with Crippen LogP contribution in [0.15, 0.2) is 30.5 Å². The lowest BCUT2D eigenvalue weighted by atomic mass is 9.96. The third kappa shape index (κ3) is 2.83. The van der Waals surface area contributed by atoms with Gasteiger partial charge in [-0.2, -0.15) is 0 Å². The van der Waals surface area contributed by atoms with E-state index < -0.39 is 5.97 Å². The van der Waals surface area contributed by atoms with Crippen LogP contribution in [0.25, 0.3) is 10.9 Å². The van der Waals surface area contributed by atoms with Gasteiger partial charge in [0.25, 0.3) is 0 Å². The molecule has 0 spiro atoms. The molecule has 0 amide bonds. The Hall–Kier alpha value is -2.14. The quantitative estimate of drug-likeness (QED) is 0.905. The first-order valence-electron chi connectivity index (χ1n) is 7.16. The number of carboxylic acid groups (broad SMARTS) is 1. The first kappa shape index (κ1) is 13.8. The van der Waals surface area contributed by atoms with E-state index in [1.165, 1.54) is 0 Å². The highest BCUT2D eigenvalue weighted by Crippen LogP contribution is 2.27. The lowest BCUT2D eigenvalue weighted by Crippen LogP contribution is -2.35. The summed E-state index contributed by atoms with van der Waals surface area (Å²) in [5.41, 5.74) is 1.74. The van der Waals surface area contributed by atoms with Gasteiger partial charge in [-0.3, -0.25) is 14.7 Å². The summed E-state index contributed by atoms with van der Waals surface area (Å²) in [5, 5.41) is 19.8. The molecule has 5 nitrogen and oxygen atoms in total. The van der Waals surface area contributed by atoms with E-state index in [0.29, 0.717) is 18.4 Å². The number of carbonyl (C=O) groups is 1. The van der Waals surface area contributed by atoms with Crippen molar-refractivity contribution in [1.82, 2.24) is 9.88 Å². The number of carboxylic acids is 1. The number of likely N-dealkylation sites (tertiary alicyclic amines) is 1. The SMILES string of the molecule is O=C(O)C1CCN(Cc2ccc(O)c3ncccc23)CC1. The number of nitrogens with zero attached hydrogens (tertiary/aromatic N) is 2. The molecule has 1 fully saturated rings. The summed E-state index contributed by atoms with van der Waals surface area (Å²) in [6.45, 7) is 2.34. The van der Waals surface area contributed by atoms with Crippen molar-refractivity contribution in [1.29, 1.82) is 0 Å². The Bertz CT molecular complexity index is 664. The van der Waals surface area contributed by atoms with Crippen molar-refractivity contribution in [3.8, 4) is 5.75 Å². The molecule has 1 aromatic carbocycles. The molecule has 3 rings (SSSR count). The van der Waals surface area contributed by atoms with E-state index >= 15 is 0 Å². The summed E-state index contributed by atoms with van der Waals surface area (Å²) in [7, 11) is 0. The minimum Gasteiger partial charge on any atom is -0.506 e. The third-order valence-electron chi connectivity index (χ3n) is 4.17. The zero-order valence-electron chi connectivity index (χ0n) is 11.7. The number of hydrogen-bond donors (Lipinski definition) is 2. The lowest BCUT2D eigenvalue weighted by Gasteiger charge is -2.30. The second-order valence-electron chi connectivity index (χ2n) is 5.53. The summed E-state index contributed by atoms with van der Waals surface area (Å²) in [6, 6.07) is 7.42. The lowest BCUT2D eigenvalue weighted by molar-refractivity contribution is -0.143. The number of hydrogen-bond acceptors (Lipinski definition) is 4. The van der Waals surface area contributed by atoms with Gasteiger partial charge in [-0.25, -0.2) is 0 Å². The Morgan fingerprint density at radius 3 is 2.76 bits per heavy atom. The average Bonchev–Trinajstić information content (AvgIpc) is 2.51. The van der Waals surface area contributed by atoms with Crippen LogP contribution < -0.4 is 0 Å². The molecular weight excluding hydrogens is 268 g/mol. The first-order chi connectivity index (χ1) is 10.1. The fourth-order valence-electron chi connectivity index (χ4n) is 2.93. The number of phenols is 1. The smallest absolute Gasteiger partial charge is 0.306 e. The molecule has 21 heavy (non-hydrogen) atoms. The van der Waals surface area contributed by atoms with Crippen LogP contribution in [0, 0.1) is 5.92 Å². The second kappa shape index (κ2) is 5.69. The Balaban J connectivity index is 1.77. The molecule has 5 heteroatoms. The van der Waals surface area contributed by atoms with Gasteiger partial charge in [0, 0.05) is 18.1 Å². The molecule has 1 aliphatic heterocycles. The average molecular weight is 286 g/mol. The molecule has 1 aromatic heterocycles. The van der Waals surface area contributed by atoms with Crippen LogP contribution in [0.1, 0.15) is 18.4 Å². The molecule has 110 valence electrons. The van der Waals surface area contributed by atoms with E-state index in [1.54, 1.807) is 12.3 Å². The summed E-state index contributed by atoms with van der Waals surface area (Å²) in [5.74, 6) is -0.702. The van der Waals surface area contributed by atoms with Gasteiger partial charge < -0.3 is 10.2 Å². The van der Waals surface area contributed by atoms with Gasteiger partial charge in [0.2, 0.25) is 0 Å². The Morgan fingerprint density at radius 2 is 2.05 bits per heavy atom. The number of pyridine rings is 1. The van der Waals surface area contributed by atoms with Gasteiger partial charge in [0.15, 0.2) is 0 Å². The molecular formula is C16H18N2O3. The molecule has 0 bridgehead atoms. The van der Waals surface area contributed by atoms with Crippen molar-refractivity contribution in [3.05, 3.63) is 36.0 Å². The number of benzene rings is 1. The van der Waals surface area contributed by atoms with E-state index in [4.69, 9.17) is 5.11 Å². The van der Waals surface area contributed by atoms with Crippen LogP contribution in [-0.4, -0.2) is 39.2 Å². The van der Waals surface area contributed by atoms with E-state index in [2.05, 4.69) is 9.88 Å². The molecule has 0 radical (unpaired) electrons. The van der Waals surface area contributed by atoms with Crippen LogP contribution >= 0.6 is 0 Å². The number of rotatable bonds is 3. The summed E-state index contributed by atoms with van der Waals surface area (Å²) in [4.78, 5) is 17.5. The summed E-state index contributed by atoms with van der Waals surface area (Å²) in [6.07, 6.45) is 3.07. The third-order valence-corrected chi connectivity index (χ3v) is 4.17. The number of aromatic hydroxyl groups is 1. The van der Waals surface area contributed by atoms with Crippen molar-refractivity contribution < 1.29 is 15.0 Å². The maximum Gasteiger partial charge on any atom is 0.306 e. The minimum atomic E-state index is -0.686. The van der Waals surface area contributed by atoms with Crippen LogP contribution in [-0.2, 0) is 11.3 Å². The van der Waals surface area contributed by atoms with Crippen LogP contribution in [0.3, 0.4) is 0 Å². The van der Waals surface area contributed by atoms with Gasteiger partial charge in [0.05, 0.1) is 5.92 Å². The van der Waals surface area contributed by atoms with Crippen molar-refractivity contribution in [3.63, 3.8) is 0 Å². The fraction of sp³-hybridized carbons (Fsp3) is 0.375. The Morgan fingerprint density at radius 1 is 1.29 bits per heavy atom. The zero-order chi connectivity index (χ0) is 14.8. The van der Waals surface area contributed by atoms with Crippen molar-refractivity contribution in [2.75, 3.05) is 13.1 Å². The monoisotopic (exact) mass is 286 g/mol. The van der Waals surface area contributed by atoms with Crippen LogP contribution in [0.2, 0.25) is 0 Å². The van der Waals surface area contributed by atoms with Crippen LogP contribution in [0.4, 0.5) is 0 Å². The topological polar surface area (TPSA) is 73.7 Å². The fourth-order valence-corrected chi connectivity index (χ4v) is 2.93. The predicted molar refractivity (Wildman–Crippen MR) is 79.0 cm³/mol. The van der Waals surface area contributed by atoms with Gasteiger partial charge in [-0.15, -0.1) is 0 Å². The highest BCUT2D eigenvalue weighted by Gasteiger charge is 2.24. The molecule has 2 aromatic rings. The van der Waals surface area contributed by atoms with Gasteiger partial charge in [-0.1, -0.05) is 12.1 Å². The number of aromatic nitrogens is 1. The number of aliphatic carboxylic acids is 1. The molecule has 0 atom stereocenters. The molecule has 1 aliphatic rings. The van der Waals surface area contributed by atoms with E-state index in [0.717, 1.165) is 30.6 Å². The predicted octanol–water partition coefficient (Wildman–Crippen LogP) is 2.24. The molecule has 1 saturated heterocycles. The number of fused-ring (bicyclic) bond motifs is 1. The van der Waals surface area contributed by atoms with Gasteiger partial charge in [0.1, 0.15) is 11.3 Å². The zero-order valence-corrected chi connectivity index (χ0v) is 11.7. The normalized spacial score (nSPS) is 17.1. The number of phenolic OH excluding ortho intramolecular Hbond substituents is 1. The molecule has 2 heterocycles. The van der Waals surface area contributed by atoms with Gasteiger partial charge in [-0.05, 0) is 43.6 Å². The van der Waals surface area contributed by atoms with Crippen molar-refractivity contribution in [2.45, 2.75) is 19.4 Å². The summed E-state index contributed by atoms with van der Waals surface area (Å²) >= 11 is 0. The van der Waals surface area contributed by atoms with Crippen molar-refractivity contribution >= 4 is 16.9 Å². The highest BCUT2D eigenvalue weighted by molar-refractivity contribution is 5.87.